The summed E-state index contributed by atoms with van der Waals surface area (Å²) in [5.74, 6) is -0.187. The molecule has 0 saturated carbocycles. The van der Waals surface area contributed by atoms with Gasteiger partial charge in [0.25, 0.3) is 0 Å². The summed E-state index contributed by atoms with van der Waals surface area (Å²) in [6.45, 7) is 2.17. The molecule has 0 atom stereocenters. The smallest absolute Gasteiger partial charge is 0.227 e. The van der Waals surface area contributed by atoms with Gasteiger partial charge in [0.05, 0.1) is 10.7 Å². The summed E-state index contributed by atoms with van der Waals surface area (Å²) in [7, 11) is 0. The quantitative estimate of drug-likeness (QED) is 0.705. The second-order valence-electron chi connectivity index (χ2n) is 6.51. The maximum atomic E-state index is 13.6. The van der Waals surface area contributed by atoms with Crippen LogP contribution in [-0.2, 0) is 19.5 Å². The third kappa shape index (κ3) is 4.23. The maximum Gasteiger partial charge on any atom is 0.227 e. The fourth-order valence-corrected chi connectivity index (χ4v) is 3.25. The van der Waals surface area contributed by atoms with Crippen LogP contribution in [0.1, 0.15) is 16.8 Å². The normalized spacial score (nSPS) is 14.0. The molecule has 0 unspecified atom stereocenters. The van der Waals surface area contributed by atoms with Crippen molar-refractivity contribution in [1.82, 2.24) is 14.9 Å². The van der Waals surface area contributed by atoms with Crippen molar-refractivity contribution in [2.24, 2.45) is 0 Å². The lowest BCUT2D eigenvalue weighted by Gasteiger charge is -2.28. The van der Waals surface area contributed by atoms with Gasteiger partial charge in [0.15, 0.2) is 0 Å². The van der Waals surface area contributed by atoms with Crippen LogP contribution in [0.5, 0.6) is 0 Å². The van der Waals surface area contributed by atoms with Crippen LogP contribution in [0.3, 0.4) is 0 Å². The van der Waals surface area contributed by atoms with Crippen molar-refractivity contribution in [1.29, 1.82) is 0 Å². The van der Waals surface area contributed by atoms with Crippen molar-refractivity contribution in [3.63, 3.8) is 0 Å². The van der Waals surface area contributed by atoms with E-state index in [0.29, 0.717) is 19.0 Å². The minimum atomic E-state index is -0.397. The van der Waals surface area contributed by atoms with Crippen LogP contribution in [0.25, 0.3) is 0 Å². The first-order valence-electron chi connectivity index (χ1n) is 8.60. The van der Waals surface area contributed by atoms with E-state index in [0.717, 1.165) is 35.5 Å². The number of anilines is 2. The van der Waals surface area contributed by atoms with E-state index in [2.05, 4.69) is 20.2 Å². The molecule has 0 fully saturated rings. The molecule has 0 saturated heterocycles. The Labute approximate surface area is 160 Å². The number of benzene rings is 2. The van der Waals surface area contributed by atoms with Gasteiger partial charge >= 0.3 is 0 Å². The number of rotatable bonds is 4. The topological polar surface area (TPSA) is 41.1 Å². The molecule has 2 heterocycles. The first kappa shape index (κ1) is 17.8. The minimum absolute atomic E-state index is 0.136. The molecule has 1 aromatic heterocycles. The fraction of sp³-hybridized carbons (Fsp3) is 0.200. The van der Waals surface area contributed by atoms with Gasteiger partial charge in [-0.05, 0) is 42.0 Å². The van der Waals surface area contributed by atoms with Gasteiger partial charge in [-0.1, -0.05) is 17.7 Å². The summed E-state index contributed by atoms with van der Waals surface area (Å²) in [5.41, 5.74) is 3.67. The van der Waals surface area contributed by atoms with Crippen LogP contribution >= 0.6 is 11.6 Å². The first-order valence-corrected chi connectivity index (χ1v) is 8.98. The van der Waals surface area contributed by atoms with Crippen LogP contribution in [0.15, 0.2) is 48.7 Å². The van der Waals surface area contributed by atoms with E-state index < -0.39 is 5.82 Å². The molecule has 1 N–H and O–H groups in total. The number of fused-ring (bicyclic) bond motifs is 1. The zero-order chi connectivity index (χ0) is 18.8. The highest BCUT2D eigenvalue weighted by Gasteiger charge is 2.19. The SMILES string of the molecule is Fc1ccc(Nc2ncc3c(n2)CCN(Cc2ccc(Cl)c(F)c2)C3)cc1. The molecule has 138 valence electrons. The van der Waals surface area contributed by atoms with Gasteiger partial charge < -0.3 is 5.32 Å². The molecule has 0 radical (unpaired) electrons. The fourth-order valence-electron chi connectivity index (χ4n) is 3.13. The molecule has 0 aliphatic carbocycles. The van der Waals surface area contributed by atoms with Crippen molar-refractivity contribution < 1.29 is 8.78 Å². The van der Waals surface area contributed by atoms with Crippen LogP contribution in [0, 0.1) is 11.6 Å². The van der Waals surface area contributed by atoms with E-state index in [1.807, 2.05) is 12.3 Å². The average Bonchev–Trinajstić information content (AvgIpc) is 2.67. The molecule has 27 heavy (non-hydrogen) atoms. The van der Waals surface area contributed by atoms with Crippen LogP contribution in [-0.4, -0.2) is 21.4 Å². The second-order valence-corrected chi connectivity index (χ2v) is 6.91. The zero-order valence-corrected chi connectivity index (χ0v) is 15.2. The highest BCUT2D eigenvalue weighted by atomic mass is 35.5. The van der Waals surface area contributed by atoms with Gasteiger partial charge in [-0.25, -0.2) is 18.7 Å². The van der Waals surface area contributed by atoms with Gasteiger partial charge in [0.2, 0.25) is 5.95 Å². The van der Waals surface area contributed by atoms with Crippen molar-refractivity contribution in [3.8, 4) is 0 Å². The highest BCUT2D eigenvalue weighted by Crippen LogP contribution is 2.22. The number of hydrogen-bond donors (Lipinski definition) is 1. The van der Waals surface area contributed by atoms with E-state index in [1.165, 1.54) is 18.2 Å². The largest absolute Gasteiger partial charge is 0.324 e. The molecule has 1 aliphatic heterocycles. The molecule has 0 bridgehead atoms. The molecule has 7 heteroatoms. The second kappa shape index (κ2) is 7.58. The predicted octanol–water partition coefficient (Wildman–Crippen LogP) is 4.71. The zero-order valence-electron chi connectivity index (χ0n) is 14.4. The Hall–Kier alpha value is -2.57. The lowest BCUT2D eigenvalue weighted by molar-refractivity contribution is 0.242. The van der Waals surface area contributed by atoms with Gasteiger partial charge in [0, 0.05) is 43.5 Å². The van der Waals surface area contributed by atoms with Gasteiger partial charge in [-0.3, -0.25) is 4.90 Å². The Bertz CT molecular complexity index is 963. The van der Waals surface area contributed by atoms with E-state index in [-0.39, 0.29) is 10.8 Å². The molecule has 0 spiro atoms. The van der Waals surface area contributed by atoms with Crippen molar-refractivity contribution in [2.45, 2.75) is 19.5 Å². The van der Waals surface area contributed by atoms with Gasteiger partial charge in [-0.2, -0.15) is 0 Å². The lowest BCUT2D eigenvalue weighted by Crippen LogP contribution is -2.31. The Morgan fingerprint density at radius 2 is 1.93 bits per heavy atom. The highest BCUT2D eigenvalue weighted by molar-refractivity contribution is 6.30. The maximum absolute atomic E-state index is 13.6. The standard InChI is InChI=1S/C20H17ClF2N4/c21-17-6-1-13(9-18(17)23)11-27-8-7-19-14(12-27)10-24-20(26-19)25-16-4-2-15(22)3-5-16/h1-6,9-10H,7-8,11-12H2,(H,24,25,26). The molecular formula is C20H17ClF2N4. The predicted molar refractivity (Wildman–Crippen MR) is 101 cm³/mol. The summed E-state index contributed by atoms with van der Waals surface area (Å²) < 4.78 is 26.6. The van der Waals surface area contributed by atoms with E-state index in [4.69, 9.17) is 11.6 Å². The Morgan fingerprint density at radius 1 is 1.11 bits per heavy atom. The van der Waals surface area contributed by atoms with E-state index in [9.17, 15) is 8.78 Å². The lowest BCUT2D eigenvalue weighted by atomic mass is 10.1. The Balaban J connectivity index is 1.44. The average molecular weight is 387 g/mol. The molecule has 3 aromatic rings. The van der Waals surface area contributed by atoms with Crippen molar-refractivity contribution >= 4 is 23.2 Å². The minimum Gasteiger partial charge on any atom is -0.324 e. The monoisotopic (exact) mass is 386 g/mol. The molecular weight excluding hydrogens is 370 g/mol. The van der Waals surface area contributed by atoms with E-state index >= 15 is 0 Å². The van der Waals surface area contributed by atoms with Gasteiger partial charge in [-0.15, -0.1) is 0 Å². The third-order valence-corrected chi connectivity index (χ3v) is 4.81. The summed E-state index contributed by atoms with van der Waals surface area (Å²) in [5, 5.41) is 3.22. The third-order valence-electron chi connectivity index (χ3n) is 4.50. The van der Waals surface area contributed by atoms with E-state index in [1.54, 1.807) is 18.2 Å². The summed E-state index contributed by atoms with van der Waals surface area (Å²) in [6.07, 6.45) is 2.59. The van der Waals surface area contributed by atoms with Crippen molar-refractivity contribution in [3.05, 3.63) is 82.1 Å². The van der Waals surface area contributed by atoms with Gasteiger partial charge in [0.1, 0.15) is 11.6 Å². The Morgan fingerprint density at radius 3 is 2.70 bits per heavy atom. The number of nitrogens with zero attached hydrogens (tertiary/aromatic N) is 3. The number of halogens is 3. The number of hydrogen-bond acceptors (Lipinski definition) is 4. The van der Waals surface area contributed by atoms with Crippen LogP contribution < -0.4 is 5.32 Å². The first-order chi connectivity index (χ1) is 13.1. The molecule has 1 aliphatic rings. The number of aromatic nitrogens is 2. The van der Waals surface area contributed by atoms with Crippen LogP contribution in [0.4, 0.5) is 20.4 Å². The molecule has 2 aromatic carbocycles. The summed E-state index contributed by atoms with van der Waals surface area (Å²) >= 11 is 5.74. The number of nitrogens with one attached hydrogen (secondary N) is 1. The Kier molecular flexibility index (Phi) is 5.01. The molecule has 0 amide bonds. The molecule has 4 rings (SSSR count). The molecule has 4 nitrogen and oxygen atoms in total. The summed E-state index contributed by atoms with van der Waals surface area (Å²) in [4.78, 5) is 11.2. The van der Waals surface area contributed by atoms with Crippen molar-refractivity contribution in [2.75, 3.05) is 11.9 Å². The van der Waals surface area contributed by atoms with Crippen LogP contribution in [0.2, 0.25) is 5.02 Å². The summed E-state index contributed by atoms with van der Waals surface area (Å²) in [6, 6.07) is 11.0.